The molecule has 230 valence electrons. The minimum Gasteiger partial charge on any atom is -0.352 e. The van der Waals surface area contributed by atoms with E-state index < -0.39 is 16.1 Å². The van der Waals surface area contributed by atoms with Crippen LogP contribution in [0.3, 0.4) is 0 Å². The lowest BCUT2D eigenvalue weighted by atomic mass is 9.94. The maximum Gasteiger partial charge on any atom is 0.243 e. The first kappa shape index (κ1) is 32.6. The molecule has 1 fully saturated rings. The van der Waals surface area contributed by atoms with E-state index in [9.17, 15) is 18.0 Å². The predicted molar refractivity (Wildman–Crippen MR) is 174 cm³/mol. The van der Waals surface area contributed by atoms with E-state index in [1.54, 1.807) is 17.0 Å². The van der Waals surface area contributed by atoms with Crippen LogP contribution in [0.15, 0.2) is 78.9 Å². The Balaban J connectivity index is 1.60. The summed E-state index contributed by atoms with van der Waals surface area (Å²) >= 11 is 6.54. The molecule has 0 unspecified atom stereocenters. The number of nitrogens with zero attached hydrogens (tertiary/aromatic N) is 2. The third kappa shape index (κ3) is 9.57. The zero-order chi connectivity index (χ0) is 30.8. The third-order valence-corrected chi connectivity index (χ3v) is 9.53. The summed E-state index contributed by atoms with van der Waals surface area (Å²) in [5, 5.41) is 3.76. The zero-order valence-corrected chi connectivity index (χ0v) is 26.6. The molecule has 43 heavy (non-hydrogen) atoms. The number of carbonyl (C=O) groups is 2. The molecule has 0 aliphatic heterocycles. The van der Waals surface area contributed by atoms with Crippen LogP contribution in [0.4, 0.5) is 5.69 Å². The Morgan fingerprint density at radius 1 is 0.953 bits per heavy atom. The van der Waals surface area contributed by atoms with Crippen molar-refractivity contribution in [3.05, 3.63) is 101 Å². The molecule has 1 atom stereocenters. The van der Waals surface area contributed by atoms with Crippen molar-refractivity contribution in [2.75, 3.05) is 17.1 Å². The molecule has 0 aromatic heterocycles. The van der Waals surface area contributed by atoms with Gasteiger partial charge in [0, 0.05) is 37.0 Å². The van der Waals surface area contributed by atoms with E-state index in [0.29, 0.717) is 23.6 Å². The Labute approximate surface area is 261 Å². The van der Waals surface area contributed by atoms with Crippen LogP contribution in [0.1, 0.15) is 61.6 Å². The number of anilines is 1. The van der Waals surface area contributed by atoms with Crippen LogP contribution >= 0.6 is 11.6 Å². The van der Waals surface area contributed by atoms with Gasteiger partial charge in [0.15, 0.2) is 0 Å². The molecular formula is C34H42ClN3O4S. The molecule has 1 saturated carbocycles. The van der Waals surface area contributed by atoms with Crippen molar-refractivity contribution in [2.24, 2.45) is 0 Å². The Hall–Kier alpha value is -3.36. The van der Waals surface area contributed by atoms with Gasteiger partial charge in [0.1, 0.15) is 6.04 Å². The smallest absolute Gasteiger partial charge is 0.243 e. The zero-order valence-electron chi connectivity index (χ0n) is 25.0. The van der Waals surface area contributed by atoms with Crippen LogP contribution in [0, 0.1) is 6.92 Å². The van der Waals surface area contributed by atoms with Gasteiger partial charge < -0.3 is 10.2 Å². The van der Waals surface area contributed by atoms with E-state index in [1.165, 1.54) is 17.0 Å². The maximum atomic E-state index is 14.0. The largest absolute Gasteiger partial charge is 0.352 e. The fraction of sp³-hybridized carbons (Fsp3) is 0.412. The van der Waals surface area contributed by atoms with E-state index in [2.05, 4.69) is 5.32 Å². The first-order valence-corrected chi connectivity index (χ1v) is 17.3. The minimum absolute atomic E-state index is 0.0737. The second kappa shape index (κ2) is 15.4. The molecule has 1 aliphatic rings. The first-order chi connectivity index (χ1) is 20.6. The Bertz CT molecular complexity index is 1480. The van der Waals surface area contributed by atoms with Crippen molar-refractivity contribution in [1.82, 2.24) is 10.2 Å². The highest BCUT2D eigenvalue weighted by Crippen LogP contribution is 2.24. The number of benzene rings is 3. The van der Waals surface area contributed by atoms with Gasteiger partial charge in [-0.25, -0.2) is 8.42 Å². The molecule has 2 amide bonds. The van der Waals surface area contributed by atoms with Gasteiger partial charge >= 0.3 is 0 Å². The lowest BCUT2D eigenvalue weighted by Crippen LogP contribution is -2.53. The van der Waals surface area contributed by atoms with Crippen LogP contribution in [-0.4, -0.2) is 50.0 Å². The van der Waals surface area contributed by atoms with Crippen LogP contribution in [0.2, 0.25) is 5.02 Å². The average Bonchev–Trinajstić information content (AvgIpc) is 2.98. The Morgan fingerprint density at radius 2 is 1.65 bits per heavy atom. The summed E-state index contributed by atoms with van der Waals surface area (Å²) in [6.45, 7) is 2.22. The lowest BCUT2D eigenvalue weighted by Gasteiger charge is -2.34. The molecule has 0 saturated heterocycles. The van der Waals surface area contributed by atoms with Crippen molar-refractivity contribution < 1.29 is 18.0 Å². The molecule has 4 rings (SSSR count). The van der Waals surface area contributed by atoms with Crippen molar-refractivity contribution in [3.8, 4) is 0 Å². The lowest BCUT2D eigenvalue weighted by molar-refractivity contribution is -0.141. The van der Waals surface area contributed by atoms with Gasteiger partial charge in [-0.15, -0.1) is 0 Å². The third-order valence-electron chi connectivity index (χ3n) is 7.96. The number of amides is 2. The van der Waals surface area contributed by atoms with Crippen molar-refractivity contribution in [1.29, 1.82) is 0 Å². The monoisotopic (exact) mass is 623 g/mol. The summed E-state index contributed by atoms with van der Waals surface area (Å²) in [4.78, 5) is 29.6. The summed E-state index contributed by atoms with van der Waals surface area (Å²) in [7, 11) is -3.57. The molecule has 0 spiro atoms. The highest BCUT2D eigenvalue weighted by molar-refractivity contribution is 7.92. The molecule has 9 heteroatoms. The molecular weight excluding hydrogens is 582 g/mol. The summed E-state index contributed by atoms with van der Waals surface area (Å²) in [5.74, 6) is -0.397. The summed E-state index contributed by atoms with van der Waals surface area (Å²) in [5.41, 5.74) is 3.21. The van der Waals surface area contributed by atoms with Gasteiger partial charge in [0.2, 0.25) is 21.8 Å². The predicted octanol–water partition coefficient (Wildman–Crippen LogP) is 6.28. The van der Waals surface area contributed by atoms with E-state index in [-0.39, 0.29) is 37.4 Å². The van der Waals surface area contributed by atoms with Gasteiger partial charge in [-0.2, -0.15) is 0 Å². The number of halogens is 1. The number of nitrogens with one attached hydrogen (secondary N) is 1. The minimum atomic E-state index is -3.57. The van der Waals surface area contributed by atoms with E-state index >= 15 is 0 Å². The van der Waals surface area contributed by atoms with Gasteiger partial charge in [-0.3, -0.25) is 13.9 Å². The molecule has 1 aliphatic carbocycles. The molecule has 1 N–H and O–H groups in total. The number of sulfonamides is 1. The maximum absolute atomic E-state index is 14.0. The van der Waals surface area contributed by atoms with Gasteiger partial charge in [-0.05, 0) is 61.1 Å². The standard InChI is InChI=1S/C34H42ClN3O4S/c1-26-13-11-19-30(23-26)38(43(2,41)42)22-12-21-33(39)37(25-28-16-9-10-20-31(28)35)32(24-27-14-5-3-6-15-27)34(40)36-29-17-7-4-8-18-29/h3,5-6,9-11,13-16,19-20,23,29,32H,4,7-8,12,17-18,21-22,24-25H2,1-2H3,(H,36,40)/t32-/m1/s1. The first-order valence-electron chi connectivity index (χ1n) is 15.0. The number of carbonyl (C=O) groups excluding carboxylic acids is 2. The van der Waals surface area contributed by atoms with Gasteiger partial charge in [0.25, 0.3) is 0 Å². The second-order valence-corrected chi connectivity index (χ2v) is 13.8. The number of aryl methyl sites for hydroxylation is 1. The highest BCUT2D eigenvalue weighted by atomic mass is 35.5. The molecule has 7 nitrogen and oxygen atoms in total. The fourth-order valence-corrected chi connectivity index (χ4v) is 6.85. The van der Waals surface area contributed by atoms with Crippen molar-refractivity contribution in [3.63, 3.8) is 0 Å². The fourth-order valence-electron chi connectivity index (χ4n) is 5.70. The molecule has 0 radical (unpaired) electrons. The van der Waals surface area contributed by atoms with Crippen LogP contribution in [0.25, 0.3) is 0 Å². The highest BCUT2D eigenvalue weighted by Gasteiger charge is 2.32. The van der Waals surface area contributed by atoms with E-state index in [0.717, 1.165) is 42.4 Å². The molecule has 0 bridgehead atoms. The topological polar surface area (TPSA) is 86.8 Å². The van der Waals surface area contributed by atoms with Crippen molar-refractivity contribution >= 4 is 39.1 Å². The number of hydrogen-bond donors (Lipinski definition) is 1. The summed E-state index contributed by atoms with van der Waals surface area (Å²) in [6.07, 6.45) is 7.09. The van der Waals surface area contributed by atoms with Crippen molar-refractivity contribution in [2.45, 2.75) is 76.9 Å². The molecule has 0 heterocycles. The van der Waals surface area contributed by atoms with Crippen LogP contribution in [-0.2, 0) is 32.6 Å². The van der Waals surface area contributed by atoms with Crippen LogP contribution < -0.4 is 9.62 Å². The summed E-state index contributed by atoms with van der Waals surface area (Å²) < 4.78 is 26.7. The second-order valence-electron chi connectivity index (χ2n) is 11.4. The number of hydrogen-bond acceptors (Lipinski definition) is 4. The molecule has 3 aromatic carbocycles. The quantitative estimate of drug-likeness (QED) is 0.243. The molecule has 3 aromatic rings. The van der Waals surface area contributed by atoms with Gasteiger partial charge in [0.05, 0.1) is 11.9 Å². The number of rotatable bonds is 13. The van der Waals surface area contributed by atoms with E-state index in [4.69, 9.17) is 11.6 Å². The average molecular weight is 624 g/mol. The van der Waals surface area contributed by atoms with E-state index in [1.807, 2.05) is 73.7 Å². The Morgan fingerprint density at radius 3 is 2.33 bits per heavy atom. The van der Waals surface area contributed by atoms with Crippen LogP contribution in [0.5, 0.6) is 0 Å². The SMILES string of the molecule is Cc1cccc(N(CCCC(=O)N(Cc2ccccc2Cl)[C@H](Cc2ccccc2)C(=O)NC2CCCCC2)S(C)(=O)=O)c1. The normalized spacial score (nSPS) is 14.6. The summed E-state index contributed by atoms with van der Waals surface area (Å²) in [6, 6.07) is 23.7. The van der Waals surface area contributed by atoms with Gasteiger partial charge in [-0.1, -0.05) is 91.5 Å². The Kier molecular flexibility index (Phi) is 11.7.